The van der Waals surface area contributed by atoms with Crippen molar-refractivity contribution < 1.29 is 0 Å². The summed E-state index contributed by atoms with van der Waals surface area (Å²) in [5.41, 5.74) is 14.1. The smallest absolute Gasteiger partial charge is 0.192 e. The predicted molar refractivity (Wildman–Crippen MR) is 90.7 cm³/mol. The number of nitrogens with one attached hydrogen (secondary N) is 2. The molecule has 2 aromatic rings. The van der Waals surface area contributed by atoms with Crippen LogP contribution in [0.5, 0.6) is 0 Å². The van der Waals surface area contributed by atoms with Gasteiger partial charge in [0.05, 0.1) is 10.6 Å². The van der Waals surface area contributed by atoms with E-state index in [1.165, 1.54) is 24.2 Å². The van der Waals surface area contributed by atoms with E-state index in [1.54, 1.807) is 0 Å². The minimum atomic E-state index is -0.0945. The minimum Gasteiger partial charge on any atom is -0.399 e. The fourth-order valence-corrected chi connectivity index (χ4v) is 3.16. The molecule has 0 aliphatic rings. The maximum Gasteiger partial charge on any atom is 0.192 e. The third-order valence-electron chi connectivity index (χ3n) is 3.10. The standard InChI is InChI=1S/C15H21N5S/c1-2-3-4-8-12-13(10-6-5-7-11(16)9-10)21-15(19-12)20-14(17)18/h5-7,9H,2-4,8,16H2,1H3,(H4,17,18,19,20). The molecule has 5 nitrogen and oxygen atoms in total. The first-order valence-electron chi connectivity index (χ1n) is 7.06. The van der Waals surface area contributed by atoms with Gasteiger partial charge in [-0.15, -0.1) is 0 Å². The highest BCUT2D eigenvalue weighted by atomic mass is 32.1. The molecule has 0 bridgehead atoms. The molecule has 0 aliphatic carbocycles. The number of anilines is 2. The number of hydrogen-bond acceptors (Lipinski definition) is 4. The minimum absolute atomic E-state index is 0.0945. The molecule has 2 rings (SSSR count). The second-order valence-corrected chi connectivity index (χ2v) is 5.92. The van der Waals surface area contributed by atoms with Crippen LogP contribution in [-0.2, 0) is 6.42 Å². The Labute approximate surface area is 128 Å². The van der Waals surface area contributed by atoms with Crippen molar-refractivity contribution in [2.75, 3.05) is 11.1 Å². The van der Waals surface area contributed by atoms with Crippen molar-refractivity contribution in [3.8, 4) is 10.4 Å². The summed E-state index contributed by atoms with van der Waals surface area (Å²) in [5.74, 6) is -0.0945. The third kappa shape index (κ3) is 4.19. The monoisotopic (exact) mass is 303 g/mol. The van der Waals surface area contributed by atoms with Gasteiger partial charge in [0.25, 0.3) is 0 Å². The van der Waals surface area contributed by atoms with E-state index in [9.17, 15) is 0 Å². The molecule has 0 radical (unpaired) electrons. The Balaban J connectivity index is 2.31. The van der Waals surface area contributed by atoms with Gasteiger partial charge in [-0.2, -0.15) is 0 Å². The summed E-state index contributed by atoms with van der Waals surface area (Å²) in [6.45, 7) is 2.18. The molecular weight excluding hydrogens is 282 g/mol. The van der Waals surface area contributed by atoms with Gasteiger partial charge in [-0.05, 0) is 30.5 Å². The molecule has 0 aliphatic heterocycles. The van der Waals surface area contributed by atoms with E-state index in [2.05, 4.69) is 17.2 Å². The Bertz CT molecular complexity index is 620. The molecule has 112 valence electrons. The quantitative estimate of drug-likeness (QED) is 0.284. The highest BCUT2D eigenvalue weighted by Crippen LogP contribution is 2.34. The van der Waals surface area contributed by atoms with Crippen LogP contribution in [0.1, 0.15) is 31.9 Å². The van der Waals surface area contributed by atoms with Crippen molar-refractivity contribution in [3.63, 3.8) is 0 Å². The Kier molecular flexibility index (Phi) is 5.16. The van der Waals surface area contributed by atoms with Crippen molar-refractivity contribution in [3.05, 3.63) is 30.0 Å². The van der Waals surface area contributed by atoms with Crippen LogP contribution in [0.3, 0.4) is 0 Å². The number of unbranched alkanes of at least 4 members (excludes halogenated alkanes) is 2. The van der Waals surface area contributed by atoms with E-state index < -0.39 is 0 Å². The van der Waals surface area contributed by atoms with Gasteiger partial charge < -0.3 is 16.8 Å². The van der Waals surface area contributed by atoms with Crippen molar-refractivity contribution in [2.45, 2.75) is 32.6 Å². The van der Waals surface area contributed by atoms with Crippen LogP contribution in [0.4, 0.5) is 10.8 Å². The number of nitrogens with two attached hydrogens (primary N) is 2. The van der Waals surface area contributed by atoms with Crippen LogP contribution < -0.4 is 16.8 Å². The average molecular weight is 303 g/mol. The number of rotatable bonds is 6. The molecule has 0 fully saturated rings. The van der Waals surface area contributed by atoms with Crippen molar-refractivity contribution in [1.82, 2.24) is 4.98 Å². The zero-order chi connectivity index (χ0) is 15.2. The van der Waals surface area contributed by atoms with Gasteiger partial charge in [-0.1, -0.05) is 43.2 Å². The number of guanidine groups is 1. The predicted octanol–water partition coefficient (Wildman–Crippen LogP) is 3.43. The maximum atomic E-state index is 7.33. The first kappa shape index (κ1) is 15.3. The van der Waals surface area contributed by atoms with E-state index in [-0.39, 0.29) is 5.96 Å². The third-order valence-corrected chi connectivity index (χ3v) is 4.17. The van der Waals surface area contributed by atoms with Crippen LogP contribution in [0.15, 0.2) is 24.3 Å². The Morgan fingerprint density at radius 1 is 1.38 bits per heavy atom. The van der Waals surface area contributed by atoms with Crippen LogP contribution in [0, 0.1) is 5.41 Å². The van der Waals surface area contributed by atoms with Crippen LogP contribution in [0.2, 0.25) is 0 Å². The summed E-state index contributed by atoms with van der Waals surface area (Å²) in [5, 5.41) is 10.8. The van der Waals surface area contributed by atoms with Gasteiger partial charge in [-0.25, -0.2) is 4.98 Å². The molecule has 0 unspecified atom stereocenters. The number of nitrogens with zero attached hydrogens (tertiary/aromatic N) is 1. The Morgan fingerprint density at radius 3 is 2.86 bits per heavy atom. The maximum absolute atomic E-state index is 7.33. The van der Waals surface area contributed by atoms with Crippen LogP contribution >= 0.6 is 11.3 Å². The van der Waals surface area contributed by atoms with E-state index in [1.807, 2.05) is 24.3 Å². The summed E-state index contributed by atoms with van der Waals surface area (Å²) < 4.78 is 0. The molecule has 6 heteroatoms. The Morgan fingerprint density at radius 2 is 2.19 bits per heavy atom. The number of aryl methyl sites for hydroxylation is 1. The van der Waals surface area contributed by atoms with E-state index in [0.29, 0.717) is 5.13 Å². The van der Waals surface area contributed by atoms with Gasteiger partial charge in [0.1, 0.15) is 0 Å². The summed E-state index contributed by atoms with van der Waals surface area (Å²) in [6, 6.07) is 7.80. The second-order valence-electron chi connectivity index (χ2n) is 4.92. The highest BCUT2D eigenvalue weighted by molar-refractivity contribution is 7.19. The highest BCUT2D eigenvalue weighted by Gasteiger charge is 2.13. The molecule has 0 amide bonds. The van der Waals surface area contributed by atoms with Crippen LogP contribution in [0.25, 0.3) is 10.4 Å². The summed E-state index contributed by atoms with van der Waals surface area (Å²) in [4.78, 5) is 5.67. The molecule has 0 atom stereocenters. The lowest BCUT2D eigenvalue weighted by atomic mass is 10.1. The number of thiazole rings is 1. The molecule has 0 saturated carbocycles. The van der Waals surface area contributed by atoms with Crippen molar-refractivity contribution in [2.24, 2.45) is 5.73 Å². The average Bonchev–Trinajstić information content (AvgIpc) is 2.81. The fraction of sp³-hybridized carbons (Fsp3) is 0.333. The lowest BCUT2D eigenvalue weighted by Crippen LogP contribution is -2.20. The van der Waals surface area contributed by atoms with E-state index in [0.717, 1.165) is 34.7 Å². The molecule has 1 aromatic carbocycles. The van der Waals surface area contributed by atoms with Gasteiger partial charge in [0.15, 0.2) is 11.1 Å². The molecular formula is C15H21N5S. The molecule has 21 heavy (non-hydrogen) atoms. The number of aromatic nitrogens is 1. The topological polar surface area (TPSA) is 101 Å². The fourth-order valence-electron chi connectivity index (χ4n) is 2.14. The summed E-state index contributed by atoms with van der Waals surface area (Å²) >= 11 is 1.51. The lowest BCUT2D eigenvalue weighted by Gasteiger charge is -2.03. The first-order valence-corrected chi connectivity index (χ1v) is 7.88. The number of benzene rings is 1. The molecule has 0 spiro atoms. The summed E-state index contributed by atoms with van der Waals surface area (Å²) in [6.07, 6.45) is 4.39. The van der Waals surface area contributed by atoms with Crippen LogP contribution in [-0.4, -0.2) is 10.9 Å². The molecule has 6 N–H and O–H groups in total. The second kappa shape index (κ2) is 7.08. The lowest BCUT2D eigenvalue weighted by molar-refractivity contribution is 0.710. The normalized spacial score (nSPS) is 10.5. The Hall–Kier alpha value is -2.08. The number of hydrogen-bond donors (Lipinski definition) is 4. The van der Waals surface area contributed by atoms with Gasteiger partial charge in [-0.3, -0.25) is 5.41 Å². The van der Waals surface area contributed by atoms with E-state index >= 15 is 0 Å². The van der Waals surface area contributed by atoms with E-state index in [4.69, 9.17) is 16.9 Å². The zero-order valence-electron chi connectivity index (χ0n) is 12.1. The van der Waals surface area contributed by atoms with Crippen molar-refractivity contribution in [1.29, 1.82) is 5.41 Å². The largest absolute Gasteiger partial charge is 0.399 e. The molecule has 1 aromatic heterocycles. The van der Waals surface area contributed by atoms with Gasteiger partial charge >= 0.3 is 0 Å². The zero-order valence-corrected chi connectivity index (χ0v) is 13.0. The molecule has 1 heterocycles. The number of nitrogen functional groups attached to an aromatic ring is 1. The SMILES string of the molecule is CCCCCc1nc(NC(=N)N)sc1-c1cccc(N)c1. The van der Waals surface area contributed by atoms with Gasteiger partial charge in [0.2, 0.25) is 0 Å². The first-order chi connectivity index (χ1) is 10.1. The van der Waals surface area contributed by atoms with Crippen molar-refractivity contribution >= 4 is 28.1 Å². The molecule has 0 saturated heterocycles. The van der Waals surface area contributed by atoms with Gasteiger partial charge in [0, 0.05) is 5.69 Å². The summed E-state index contributed by atoms with van der Waals surface area (Å²) in [7, 11) is 0.